The Balaban J connectivity index is 0.955. The zero-order chi connectivity index (χ0) is 26.9. The lowest BCUT2D eigenvalue weighted by Gasteiger charge is -2.66. The molecule has 3 aliphatic carbocycles. The van der Waals surface area contributed by atoms with Crippen LogP contribution in [-0.2, 0) is 13.1 Å². The summed E-state index contributed by atoms with van der Waals surface area (Å²) in [6.07, 6.45) is 13.6. The quantitative estimate of drug-likeness (QED) is 0.311. The number of nitrogens with one attached hydrogen (secondary N) is 1. The van der Waals surface area contributed by atoms with Gasteiger partial charge >= 0.3 is 0 Å². The Morgan fingerprint density at radius 1 is 1.12 bits per heavy atom. The van der Waals surface area contributed by atoms with Gasteiger partial charge in [0.25, 0.3) is 0 Å². The summed E-state index contributed by atoms with van der Waals surface area (Å²) in [5, 5.41) is 22.0. The van der Waals surface area contributed by atoms with Crippen LogP contribution in [0.5, 0.6) is 5.88 Å². The van der Waals surface area contributed by atoms with Crippen LogP contribution in [0.15, 0.2) is 66.4 Å². The van der Waals surface area contributed by atoms with Gasteiger partial charge in [0, 0.05) is 43.4 Å². The third-order valence-corrected chi connectivity index (χ3v) is 8.02. The third-order valence-electron chi connectivity index (χ3n) is 8.02. The molecule has 2 N–H and O–H groups in total. The van der Waals surface area contributed by atoms with Crippen LogP contribution in [0.25, 0.3) is 22.6 Å². The average molecular weight is 540 g/mol. The first-order valence-corrected chi connectivity index (χ1v) is 13.3. The van der Waals surface area contributed by atoms with Gasteiger partial charge in [-0.3, -0.25) is 9.55 Å². The molecule has 202 valence electrons. The maximum Gasteiger partial charge on any atom is 0.236 e. The molecule has 12 heteroatoms. The number of halogens is 1. The highest BCUT2D eigenvalue weighted by Crippen LogP contribution is 2.69. The van der Waals surface area contributed by atoms with E-state index >= 15 is 0 Å². The Bertz CT molecular complexity index is 1770. The van der Waals surface area contributed by atoms with E-state index in [1.807, 2.05) is 41.2 Å². The van der Waals surface area contributed by atoms with E-state index in [-0.39, 0.29) is 5.41 Å². The van der Waals surface area contributed by atoms with Gasteiger partial charge in [0.05, 0.1) is 36.5 Å². The van der Waals surface area contributed by atoms with Crippen LogP contribution in [0.1, 0.15) is 30.5 Å². The van der Waals surface area contributed by atoms with Crippen molar-refractivity contribution in [2.24, 2.45) is 10.4 Å². The molecule has 5 aromatic rings. The molecule has 0 saturated heterocycles. The number of hydrogen-bond acceptors (Lipinski definition) is 8. The molecule has 0 amide bonds. The van der Waals surface area contributed by atoms with E-state index < -0.39 is 12.0 Å². The summed E-state index contributed by atoms with van der Waals surface area (Å²) in [5.41, 5.74) is 5.09. The van der Waals surface area contributed by atoms with Crippen LogP contribution in [0.2, 0.25) is 0 Å². The van der Waals surface area contributed by atoms with Gasteiger partial charge in [-0.05, 0) is 48.4 Å². The lowest BCUT2D eigenvalue weighted by atomic mass is 9.42. The van der Waals surface area contributed by atoms with Crippen molar-refractivity contribution >= 4 is 17.5 Å². The summed E-state index contributed by atoms with van der Waals surface area (Å²) in [6.45, 7) is 2.09. The Kier molecular flexibility index (Phi) is 5.01. The van der Waals surface area contributed by atoms with Crippen LogP contribution in [0.3, 0.4) is 0 Å². The van der Waals surface area contributed by atoms with Crippen LogP contribution < -0.4 is 10.1 Å². The highest BCUT2D eigenvalue weighted by atomic mass is 19.1. The standard InChI is InChI=1S/C28H26FN9O2/c29-28-14-27(15-28,16-28)17-31-6-18-1-2-24-33-20(11-36(24)10-18)12-37-13-23(34-35-37)19-5-21(8-30-7-19)38-4-3-22-26(38)40-25(39)9-32-22/h1-5,7-11,13,25,31,39H,6,12,14-17H2. The first kappa shape index (κ1) is 23.5. The van der Waals surface area contributed by atoms with Gasteiger partial charge in [-0.1, -0.05) is 11.3 Å². The van der Waals surface area contributed by atoms with E-state index in [2.05, 4.69) is 37.9 Å². The number of alkyl halides is 1. The maximum atomic E-state index is 13.8. The Morgan fingerprint density at radius 2 is 2.02 bits per heavy atom. The number of aliphatic hydroxyl groups excluding tert-OH is 1. The Hall–Kier alpha value is -4.42. The molecule has 3 saturated carbocycles. The van der Waals surface area contributed by atoms with Gasteiger partial charge in [0.1, 0.15) is 22.7 Å². The molecule has 1 atom stereocenters. The zero-order valence-corrected chi connectivity index (χ0v) is 21.5. The predicted molar refractivity (Wildman–Crippen MR) is 143 cm³/mol. The van der Waals surface area contributed by atoms with Crippen LogP contribution >= 0.6 is 0 Å². The summed E-state index contributed by atoms with van der Waals surface area (Å²) in [6, 6.07) is 7.83. The first-order chi connectivity index (χ1) is 19.4. The monoisotopic (exact) mass is 539 g/mol. The number of aliphatic imine (C=N–C) groups is 1. The minimum Gasteiger partial charge on any atom is -0.442 e. The van der Waals surface area contributed by atoms with E-state index in [1.54, 1.807) is 21.6 Å². The summed E-state index contributed by atoms with van der Waals surface area (Å²) in [4.78, 5) is 13.3. The molecule has 9 rings (SSSR count). The molecular formula is C28H26FN9O2. The number of pyridine rings is 2. The van der Waals surface area contributed by atoms with E-state index in [4.69, 9.17) is 9.72 Å². The van der Waals surface area contributed by atoms with Crippen molar-refractivity contribution in [3.05, 3.63) is 72.7 Å². The van der Waals surface area contributed by atoms with E-state index in [0.29, 0.717) is 43.1 Å². The number of fused-ring (bicyclic) bond motifs is 2. The van der Waals surface area contributed by atoms with Crippen molar-refractivity contribution < 1.29 is 14.2 Å². The first-order valence-electron chi connectivity index (χ1n) is 13.3. The van der Waals surface area contributed by atoms with Crippen LogP contribution in [0, 0.1) is 5.41 Å². The van der Waals surface area contributed by atoms with Crippen molar-refractivity contribution in [3.8, 4) is 22.8 Å². The minimum absolute atomic E-state index is 0.198. The molecule has 6 heterocycles. The molecule has 1 aliphatic heterocycles. The lowest BCUT2D eigenvalue weighted by Crippen LogP contribution is -2.67. The molecule has 0 aromatic carbocycles. The fraction of sp³-hybridized carbons (Fsp3) is 0.321. The second-order valence-corrected chi connectivity index (χ2v) is 11.2. The van der Waals surface area contributed by atoms with Crippen LogP contribution in [0.4, 0.5) is 10.1 Å². The highest BCUT2D eigenvalue weighted by Gasteiger charge is 2.68. The minimum atomic E-state index is -1.09. The summed E-state index contributed by atoms with van der Waals surface area (Å²) >= 11 is 0. The Labute approximate surface area is 228 Å². The molecule has 3 fully saturated rings. The van der Waals surface area contributed by atoms with E-state index in [1.165, 1.54) is 6.21 Å². The number of nitrogens with zero attached hydrogens (tertiary/aromatic N) is 8. The predicted octanol–water partition coefficient (Wildman–Crippen LogP) is 3.22. The van der Waals surface area contributed by atoms with Gasteiger partial charge in [-0.15, -0.1) is 5.10 Å². The highest BCUT2D eigenvalue weighted by molar-refractivity contribution is 5.72. The van der Waals surface area contributed by atoms with Crippen molar-refractivity contribution in [3.63, 3.8) is 0 Å². The van der Waals surface area contributed by atoms with Gasteiger partial charge in [-0.2, -0.15) is 0 Å². The van der Waals surface area contributed by atoms with Crippen LogP contribution in [-0.4, -0.2) is 63.8 Å². The fourth-order valence-electron chi connectivity index (χ4n) is 6.28. The molecule has 40 heavy (non-hydrogen) atoms. The number of aromatic nitrogens is 7. The van der Waals surface area contributed by atoms with Gasteiger partial charge in [-0.25, -0.2) is 19.0 Å². The number of imidazole rings is 1. The zero-order valence-electron chi connectivity index (χ0n) is 21.5. The third kappa shape index (κ3) is 3.98. The normalized spacial score (nSPS) is 24.4. The number of rotatable bonds is 8. The second kappa shape index (κ2) is 8.54. The SMILES string of the molecule is OC1C=Nc2ccn(-c3cncc(-c4cn(Cc5cn6cc(CNCC78CC(F)(C7)C8)ccc6n5)nn4)c3)c2O1. The molecule has 2 bridgehead atoms. The van der Waals surface area contributed by atoms with Gasteiger partial charge in [0.15, 0.2) is 0 Å². The van der Waals surface area contributed by atoms with Crippen molar-refractivity contribution in [2.45, 2.75) is 44.3 Å². The number of hydrogen-bond donors (Lipinski definition) is 2. The van der Waals surface area contributed by atoms with Crippen molar-refractivity contribution in [2.75, 3.05) is 6.54 Å². The summed E-state index contributed by atoms with van der Waals surface area (Å²) in [7, 11) is 0. The van der Waals surface area contributed by atoms with Crippen molar-refractivity contribution in [1.29, 1.82) is 0 Å². The van der Waals surface area contributed by atoms with E-state index in [9.17, 15) is 9.50 Å². The van der Waals surface area contributed by atoms with Gasteiger partial charge < -0.3 is 19.6 Å². The molecule has 0 spiro atoms. The molecule has 0 radical (unpaired) electrons. The lowest BCUT2D eigenvalue weighted by molar-refractivity contribution is -0.209. The number of aliphatic hydroxyl groups is 1. The molecule has 4 aliphatic rings. The van der Waals surface area contributed by atoms with Crippen molar-refractivity contribution in [1.82, 2.24) is 39.2 Å². The largest absolute Gasteiger partial charge is 0.442 e. The van der Waals surface area contributed by atoms with Gasteiger partial charge in [0.2, 0.25) is 12.2 Å². The topological polar surface area (TPSA) is 120 Å². The number of ether oxygens (including phenoxy) is 1. The average Bonchev–Trinajstić information content (AvgIpc) is 3.65. The molecule has 1 unspecified atom stereocenters. The Morgan fingerprint density at radius 3 is 2.90 bits per heavy atom. The fourth-order valence-corrected chi connectivity index (χ4v) is 6.28. The van der Waals surface area contributed by atoms with E-state index in [0.717, 1.165) is 41.2 Å². The summed E-state index contributed by atoms with van der Waals surface area (Å²) < 4.78 is 24.8. The molecule has 11 nitrogen and oxygen atoms in total. The molecule has 5 aromatic heterocycles. The summed E-state index contributed by atoms with van der Waals surface area (Å²) in [5.74, 6) is 0.452. The molecular weight excluding hydrogens is 513 g/mol. The smallest absolute Gasteiger partial charge is 0.236 e. The second-order valence-electron chi connectivity index (χ2n) is 11.2. The maximum absolute atomic E-state index is 13.8.